The molecule has 0 spiro atoms. The van der Waals surface area contributed by atoms with Gasteiger partial charge in [-0.3, -0.25) is 0 Å². The zero-order valence-corrected chi connectivity index (χ0v) is 13.0. The van der Waals surface area contributed by atoms with Crippen molar-refractivity contribution in [1.29, 1.82) is 0 Å². The van der Waals surface area contributed by atoms with Crippen molar-refractivity contribution in [1.82, 2.24) is 14.5 Å². The van der Waals surface area contributed by atoms with Crippen LogP contribution in [0.4, 0.5) is 0 Å². The van der Waals surface area contributed by atoms with Crippen LogP contribution in [0.5, 0.6) is 5.75 Å². The van der Waals surface area contributed by atoms with Crippen LogP contribution in [0.15, 0.2) is 36.7 Å². The average Bonchev–Trinajstić information content (AvgIpc) is 2.94. The lowest BCUT2D eigenvalue weighted by molar-refractivity contribution is 0.146. The van der Waals surface area contributed by atoms with Gasteiger partial charge in [-0.1, -0.05) is 0 Å². The molecular formula is C17H19N3O2. The van der Waals surface area contributed by atoms with Gasteiger partial charge in [0.05, 0.1) is 12.1 Å². The Morgan fingerprint density at radius 1 is 1.18 bits per heavy atom. The zero-order valence-electron chi connectivity index (χ0n) is 13.0. The summed E-state index contributed by atoms with van der Waals surface area (Å²) in [5.74, 6) is 1.70. The normalized spacial score (nSPS) is 11.0. The molecule has 0 saturated carbocycles. The molecule has 2 aromatic heterocycles. The predicted octanol–water partition coefficient (Wildman–Crippen LogP) is 2.97. The SMILES string of the molecule is COCCOc1ccc2nc(-c3nccn3C)cc(C)c2c1. The van der Waals surface area contributed by atoms with Crippen LogP contribution in [0.1, 0.15) is 5.56 Å². The highest BCUT2D eigenvalue weighted by molar-refractivity contribution is 5.85. The van der Waals surface area contributed by atoms with Crippen LogP contribution in [0, 0.1) is 6.92 Å². The second-order valence-corrected chi connectivity index (χ2v) is 5.21. The number of methoxy groups -OCH3 is 1. The first-order chi connectivity index (χ1) is 10.7. The number of imidazole rings is 1. The van der Waals surface area contributed by atoms with Crippen LogP contribution < -0.4 is 4.74 Å². The van der Waals surface area contributed by atoms with Crippen molar-refractivity contribution >= 4 is 10.9 Å². The summed E-state index contributed by atoms with van der Waals surface area (Å²) in [5, 5.41) is 1.09. The lowest BCUT2D eigenvalue weighted by Gasteiger charge is -2.10. The van der Waals surface area contributed by atoms with E-state index in [0.29, 0.717) is 13.2 Å². The lowest BCUT2D eigenvalue weighted by Crippen LogP contribution is -2.04. The Kier molecular flexibility index (Phi) is 4.06. The molecule has 0 bridgehead atoms. The highest BCUT2D eigenvalue weighted by atomic mass is 16.5. The van der Waals surface area contributed by atoms with E-state index < -0.39 is 0 Å². The number of hydrogen-bond acceptors (Lipinski definition) is 4. The number of benzene rings is 1. The Morgan fingerprint density at radius 3 is 2.77 bits per heavy atom. The van der Waals surface area contributed by atoms with Crippen LogP contribution in [-0.2, 0) is 11.8 Å². The maximum absolute atomic E-state index is 5.66. The Balaban J connectivity index is 1.98. The van der Waals surface area contributed by atoms with E-state index in [2.05, 4.69) is 18.0 Å². The van der Waals surface area contributed by atoms with E-state index in [9.17, 15) is 0 Å². The summed E-state index contributed by atoms with van der Waals surface area (Å²) in [4.78, 5) is 9.08. The number of aryl methyl sites for hydroxylation is 2. The maximum Gasteiger partial charge on any atom is 0.158 e. The van der Waals surface area contributed by atoms with Gasteiger partial charge in [0.1, 0.15) is 18.1 Å². The fourth-order valence-electron chi connectivity index (χ4n) is 2.43. The van der Waals surface area contributed by atoms with Crippen LogP contribution in [0.3, 0.4) is 0 Å². The molecule has 0 N–H and O–H groups in total. The summed E-state index contributed by atoms with van der Waals surface area (Å²) >= 11 is 0. The molecule has 0 aliphatic heterocycles. The average molecular weight is 297 g/mol. The quantitative estimate of drug-likeness (QED) is 0.679. The molecule has 5 nitrogen and oxygen atoms in total. The van der Waals surface area contributed by atoms with Crippen molar-refractivity contribution in [2.75, 3.05) is 20.3 Å². The maximum atomic E-state index is 5.66. The molecular weight excluding hydrogens is 278 g/mol. The number of pyridine rings is 1. The number of fused-ring (bicyclic) bond motifs is 1. The zero-order chi connectivity index (χ0) is 15.5. The molecule has 0 aliphatic carbocycles. The predicted molar refractivity (Wildman–Crippen MR) is 86.1 cm³/mol. The summed E-state index contributed by atoms with van der Waals surface area (Å²) in [6, 6.07) is 8.00. The van der Waals surface area contributed by atoms with Crippen molar-refractivity contribution in [2.45, 2.75) is 6.92 Å². The van der Waals surface area contributed by atoms with E-state index in [0.717, 1.165) is 33.7 Å². The van der Waals surface area contributed by atoms with Crippen LogP contribution >= 0.6 is 0 Å². The molecule has 0 saturated heterocycles. The van der Waals surface area contributed by atoms with Crippen molar-refractivity contribution in [3.05, 3.63) is 42.2 Å². The van der Waals surface area contributed by atoms with Gasteiger partial charge in [0.2, 0.25) is 0 Å². The van der Waals surface area contributed by atoms with E-state index in [-0.39, 0.29) is 0 Å². The third kappa shape index (κ3) is 2.80. The fraction of sp³-hybridized carbons (Fsp3) is 0.294. The molecule has 3 rings (SSSR count). The molecule has 0 radical (unpaired) electrons. The first-order valence-corrected chi connectivity index (χ1v) is 7.20. The van der Waals surface area contributed by atoms with Gasteiger partial charge in [-0.2, -0.15) is 0 Å². The molecule has 1 aromatic carbocycles. The minimum absolute atomic E-state index is 0.542. The van der Waals surface area contributed by atoms with Crippen LogP contribution in [0.2, 0.25) is 0 Å². The number of ether oxygens (including phenoxy) is 2. The molecule has 0 amide bonds. The van der Waals surface area contributed by atoms with Crippen molar-refractivity contribution in [2.24, 2.45) is 7.05 Å². The summed E-state index contributed by atoms with van der Waals surface area (Å²) in [6.07, 6.45) is 3.70. The fourth-order valence-corrected chi connectivity index (χ4v) is 2.43. The largest absolute Gasteiger partial charge is 0.491 e. The molecule has 114 valence electrons. The van der Waals surface area contributed by atoms with Gasteiger partial charge in [0.15, 0.2) is 5.82 Å². The molecule has 3 aromatic rings. The van der Waals surface area contributed by atoms with Gasteiger partial charge in [-0.05, 0) is 36.8 Å². The molecule has 0 fully saturated rings. The van der Waals surface area contributed by atoms with Gasteiger partial charge >= 0.3 is 0 Å². The second-order valence-electron chi connectivity index (χ2n) is 5.21. The molecule has 0 atom stereocenters. The molecule has 2 heterocycles. The van der Waals surface area contributed by atoms with Crippen molar-refractivity contribution in [3.63, 3.8) is 0 Å². The summed E-state index contributed by atoms with van der Waals surface area (Å²) in [6.45, 7) is 3.20. The van der Waals surface area contributed by atoms with Gasteiger partial charge in [0.25, 0.3) is 0 Å². The van der Waals surface area contributed by atoms with E-state index >= 15 is 0 Å². The summed E-state index contributed by atoms with van der Waals surface area (Å²) < 4.78 is 12.6. The minimum atomic E-state index is 0.542. The van der Waals surface area contributed by atoms with E-state index in [1.165, 1.54) is 0 Å². The highest BCUT2D eigenvalue weighted by Gasteiger charge is 2.09. The number of hydrogen-bond donors (Lipinski definition) is 0. The molecule has 22 heavy (non-hydrogen) atoms. The van der Waals surface area contributed by atoms with Gasteiger partial charge in [-0.15, -0.1) is 0 Å². The standard InChI is InChI=1S/C17H19N3O2/c1-12-10-16(17-18-6-7-20(17)2)19-15-5-4-13(11-14(12)15)22-9-8-21-3/h4-7,10-11H,8-9H2,1-3H3. The van der Waals surface area contributed by atoms with Crippen LogP contribution in [0.25, 0.3) is 22.4 Å². The smallest absolute Gasteiger partial charge is 0.158 e. The summed E-state index contributed by atoms with van der Waals surface area (Å²) in [7, 11) is 3.63. The number of nitrogens with zero attached hydrogens (tertiary/aromatic N) is 3. The summed E-state index contributed by atoms with van der Waals surface area (Å²) in [5.41, 5.74) is 2.97. The monoisotopic (exact) mass is 297 g/mol. The molecule has 0 unspecified atom stereocenters. The Hall–Kier alpha value is -2.40. The van der Waals surface area contributed by atoms with Gasteiger partial charge in [0, 0.05) is 31.9 Å². The van der Waals surface area contributed by atoms with Gasteiger partial charge in [-0.25, -0.2) is 9.97 Å². The molecule has 0 aliphatic rings. The third-order valence-corrected chi connectivity index (χ3v) is 3.59. The lowest BCUT2D eigenvalue weighted by atomic mass is 10.1. The number of rotatable bonds is 5. The third-order valence-electron chi connectivity index (χ3n) is 3.59. The van der Waals surface area contributed by atoms with Crippen molar-refractivity contribution < 1.29 is 9.47 Å². The van der Waals surface area contributed by atoms with E-state index in [1.807, 2.05) is 36.0 Å². The topological polar surface area (TPSA) is 49.2 Å². The van der Waals surface area contributed by atoms with Gasteiger partial charge < -0.3 is 14.0 Å². The Labute approximate surface area is 129 Å². The van der Waals surface area contributed by atoms with Crippen molar-refractivity contribution in [3.8, 4) is 17.3 Å². The van der Waals surface area contributed by atoms with E-state index in [4.69, 9.17) is 14.5 Å². The molecule has 5 heteroatoms. The Morgan fingerprint density at radius 2 is 2.05 bits per heavy atom. The highest BCUT2D eigenvalue weighted by Crippen LogP contribution is 2.26. The van der Waals surface area contributed by atoms with E-state index in [1.54, 1.807) is 13.3 Å². The minimum Gasteiger partial charge on any atom is -0.491 e. The Bertz CT molecular complexity index is 796. The number of aromatic nitrogens is 3. The van der Waals surface area contributed by atoms with Crippen LogP contribution in [-0.4, -0.2) is 34.9 Å². The second kappa shape index (κ2) is 6.15. The first-order valence-electron chi connectivity index (χ1n) is 7.20. The first kappa shape index (κ1) is 14.5.